The molecule has 0 saturated heterocycles. The minimum atomic E-state index is -4.33. The third-order valence-corrected chi connectivity index (χ3v) is 11.7. The molecular formula is C46H94N2O6P+. The van der Waals surface area contributed by atoms with Crippen molar-refractivity contribution in [1.82, 2.24) is 5.32 Å². The van der Waals surface area contributed by atoms with E-state index in [1.807, 2.05) is 27.2 Å². The van der Waals surface area contributed by atoms with Crippen LogP contribution >= 0.6 is 7.82 Å². The summed E-state index contributed by atoms with van der Waals surface area (Å²) >= 11 is 0. The number of amides is 1. The van der Waals surface area contributed by atoms with Gasteiger partial charge in [-0.2, -0.15) is 0 Å². The molecule has 0 aliphatic rings. The topological polar surface area (TPSA) is 105 Å². The summed E-state index contributed by atoms with van der Waals surface area (Å²) in [7, 11) is 1.58. The van der Waals surface area contributed by atoms with Crippen LogP contribution in [-0.2, 0) is 18.4 Å². The maximum absolute atomic E-state index is 12.9. The van der Waals surface area contributed by atoms with Crippen LogP contribution in [0.25, 0.3) is 0 Å². The van der Waals surface area contributed by atoms with Crippen molar-refractivity contribution in [2.75, 3.05) is 40.9 Å². The van der Waals surface area contributed by atoms with Crippen LogP contribution in [0.4, 0.5) is 0 Å². The Kier molecular flexibility index (Phi) is 38.2. The van der Waals surface area contributed by atoms with Crippen molar-refractivity contribution in [2.24, 2.45) is 0 Å². The van der Waals surface area contributed by atoms with E-state index in [9.17, 15) is 19.4 Å². The highest BCUT2D eigenvalue weighted by molar-refractivity contribution is 7.47. The second kappa shape index (κ2) is 38.7. The Morgan fingerprint density at radius 3 is 1.35 bits per heavy atom. The first-order chi connectivity index (χ1) is 26.5. The summed E-state index contributed by atoms with van der Waals surface area (Å²) in [6.45, 7) is 4.83. The lowest BCUT2D eigenvalue weighted by molar-refractivity contribution is -0.870. The number of nitrogens with one attached hydrogen (secondary N) is 1. The number of carbonyl (C=O) groups is 1. The lowest BCUT2D eigenvalue weighted by Crippen LogP contribution is -2.45. The Labute approximate surface area is 342 Å². The quantitative estimate of drug-likeness (QED) is 0.0245. The van der Waals surface area contributed by atoms with Crippen LogP contribution in [0.15, 0.2) is 12.2 Å². The van der Waals surface area contributed by atoms with Crippen molar-refractivity contribution >= 4 is 13.7 Å². The van der Waals surface area contributed by atoms with Gasteiger partial charge in [-0.15, -0.1) is 0 Å². The van der Waals surface area contributed by atoms with Gasteiger partial charge in [0.2, 0.25) is 5.91 Å². The first kappa shape index (κ1) is 54.2. The molecule has 0 aromatic rings. The number of hydrogen-bond donors (Lipinski definition) is 3. The van der Waals surface area contributed by atoms with Crippen LogP contribution in [-0.4, -0.2) is 73.4 Å². The van der Waals surface area contributed by atoms with E-state index in [-0.39, 0.29) is 19.1 Å². The summed E-state index contributed by atoms with van der Waals surface area (Å²) in [5.41, 5.74) is 0. The smallest absolute Gasteiger partial charge is 0.387 e. The standard InChI is InChI=1S/C46H93N2O6P/c1-6-8-10-12-14-16-18-20-22-23-24-25-26-28-30-32-34-36-38-40-46(50)47-44(43-54-55(51,52)53-42-41-48(3,4)5)45(49)39-37-35-33-31-29-27-21-19-17-15-13-11-9-7-2/h37,39,44-45,49H,6-36,38,40-43H2,1-5H3,(H-,47,50,51,52)/p+1/b39-37+. The number of phosphoric ester groups is 1. The zero-order chi connectivity index (χ0) is 40.7. The van der Waals surface area contributed by atoms with Gasteiger partial charge in [0.15, 0.2) is 0 Å². The number of unbranched alkanes of at least 4 members (excludes halogenated alkanes) is 30. The molecule has 0 bridgehead atoms. The van der Waals surface area contributed by atoms with E-state index in [0.29, 0.717) is 17.4 Å². The van der Waals surface area contributed by atoms with Crippen LogP contribution in [0, 0.1) is 0 Å². The number of allylic oxidation sites excluding steroid dienone is 1. The second-order valence-electron chi connectivity index (χ2n) is 17.5. The highest BCUT2D eigenvalue weighted by Crippen LogP contribution is 2.43. The van der Waals surface area contributed by atoms with E-state index in [0.717, 1.165) is 38.5 Å². The molecule has 0 saturated carbocycles. The highest BCUT2D eigenvalue weighted by Gasteiger charge is 2.27. The monoisotopic (exact) mass is 802 g/mol. The Hall–Kier alpha value is -0.760. The number of nitrogens with zero attached hydrogens (tertiary/aromatic N) is 1. The van der Waals surface area contributed by atoms with Gasteiger partial charge in [0, 0.05) is 6.42 Å². The first-order valence-electron chi connectivity index (χ1n) is 23.6. The molecule has 3 N–H and O–H groups in total. The molecule has 8 nitrogen and oxygen atoms in total. The third kappa shape index (κ3) is 41.2. The lowest BCUT2D eigenvalue weighted by atomic mass is 10.0. The van der Waals surface area contributed by atoms with E-state index in [1.165, 1.54) is 167 Å². The number of phosphoric acid groups is 1. The average molecular weight is 802 g/mol. The predicted molar refractivity (Wildman–Crippen MR) is 235 cm³/mol. The summed E-state index contributed by atoms with van der Waals surface area (Å²) in [5.74, 6) is -0.173. The van der Waals surface area contributed by atoms with Crippen LogP contribution < -0.4 is 5.32 Å². The Balaban J connectivity index is 4.32. The number of carbonyl (C=O) groups excluding carboxylic acids is 1. The molecule has 0 radical (unpaired) electrons. The van der Waals surface area contributed by atoms with Crippen molar-refractivity contribution in [2.45, 2.75) is 238 Å². The molecule has 1 amide bonds. The molecule has 328 valence electrons. The molecule has 0 spiro atoms. The van der Waals surface area contributed by atoms with Crippen molar-refractivity contribution < 1.29 is 32.9 Å². The minimum absolute atomic E-state index is 0.0647. The summed E-state index contributed by atoms with van der Waals surface area (Å²) < 4.78 is 23.6. The van der Waals surface area contributed by atoms with E-state index in [2.05, 4.69) is 19.2 Å². The second-order valence-corrected chi connectivity index (χ2v) is 18.9. The zero-order valence-electron chi connectivity index (χ0n) is 37.2. The predicted octanol–water partition coefficient (Wildman–Crippen LogP) is 13.1. The maximum atomic E-state index is 12.9. The fourth-order valence-electron chi connectivity index (χ4n) is 6.98. The van der Waals surface area contributed by atoms with E-state index >= 15 is 0 Å². The third-order valence-electron chi connectivity index (χ3n) is 10.8. The zero-order valence-corrected chi connectivity index (χ0v) is 38.1. The highest BCUT2D eigenvalue weighted by atomic mass is 31.2. The normalized spacial score (nSPS) is 14.4. The van der Waals surface area contributed by atoms with Gasteiger partial charge >= 0.3 is 7.82 Å². The van der Waals surface area contributed by atoms with Crippen LogP contribution in [0.2, 0.25) is 0 Å². The van der Waals surface area contributed by atoms with Crippen molar-refractivity contribution in [3.63, 3.8) is 0 Å². The molecule has 0 fully saturated rings. The van der Waals surface area contributed by atoms with Gasteiger partial charge < -0.3 is 19.8 Å². The van der Waals surface area contributed by atoms with Gasteiger partial charge in [-0.25, -0.2) is 4.57 Å². The van der Waals surface area contributed by atoms with Crippen molar-refractivity contribution in [3.8, 4) is 0 Å². The van der Waals surface area contributed by atoms with E-state index < -0.39 is 20.0 Å². The molecule has 3 unspecified atom stereocenters. The number of aliphatic hydroxyl groups is 1. The van der Waals surface area contributed by atoms with Gasteiger partial charge in [0.1, 0.15) is 13.2 Å². The van der Waals surface area contributed by atoms with E-state index in [4.69, 9.17) is 9.05 Å². The van der Waals surface area contributed by atoms with Gasteiger partial charge in [0.05, 0.1) is 39.9 Å². The number of rotatable bonds is 43. The number of quaternary nitrogens is 1. The minimum Gasteiger partial charge on any atom is -0.387 e. The molecular weight excluding hydrogens is 707 g/mol. The number of likely N-dealkylation sites (N-methyl/N-ethyl adjacent to an activating group) is 1. The number of hydrogen-bond acceptors (Lipinski definition) is 5. The molecule has 0 rings (SSSR count). The first-order valence-corrected chi connectivity index (χ1v) is 25.1. The largest absolute Gasteiger partial charge is 0.472 e. The number of aliphatic hydroxyl groups excluding tert-OH is 1. The Morgan fingerprint density at radius 2 is 0.964 bits per heavy atom. The molecule has 0 aliphatic heterocycles. The van der Waals surface area contributed by atoms with Gasteiger partial charge in [-0.1, -0.05) is 212 Å². The summed E-state index contributed by atoms with van der Waals surface area (Å²) in [6, 6.07) is -0.839. The SMILES string of the molecule is CCCCCCCCCCCCCC/C=C/C(O)C(COP(=O)(O)OCC[N+](C)(C)C)NC(=O)CCCCCCCCCCCCCCCCCCCCC. The summed E-state index contributed by atoms with van der Waals surface area (Å²) in [5, 5.41) is 13.8. The molecule has 0 aromatic heterocycles. The van der Waals surface area contributed by atoms with Gasteiger partial charge in [-0.3, -0.25) is 13.8 Å². The fraction of sp³-hybridized carbons (Fsp3) is 0.935. The van der Waals surface area contributed by atoms with Crippen LogP contribution in [0.1, 0.15) is 226 Å². The van der Waals surface area contributed by atoms with Gasteiger partial charge in [0.25, 0.3) is 0 Å². The maximum Gasteiger partial charge on any atom is 0.472 e. The van der Waals surface area contributed by atoms with E-state index in [1.54, 1.807) is 6.08 Å². The lowest BCUT2D eigenvalue weighted by Gasteiger charge is -2.25. The summed E-state index contributed by atoms with van der Waals surface area (Å²) in [4.78, 5) is 23.1. The molecule has 9 heteroatoms. The van der Waals surface area contributed by atoms with Crippen molar-refractivity contribution in [1.29, 1.82) is 0 Å². The molecule has 3 atom stereocenters. The molecule has 0 aliphatic carbocycles. The Morgan fingerprint density at radius 1 is 0.600 bits per heavy atom. The average Bonchev–Trinajstić information content (AvgIpc) is 3.13. The Bertz CT molecular complexity index is 911. The van der Waals surface area contributed by atoms with Crippen LogP contribution in [0.5, 0.6) is 0 Å². The fourth-order valence-corrected chi connectivity index (χ4v) is 7.72. The molecule has 0 heterocycles. The molecule has 55 heavy (non-hydrogen) atoms. The van der Waals surface area contributed by atoms with Crippen LogP contribution in [0.3, 0.4) is 0 Å². The van der Waals surface area contributed by atoms with Gasteiger partial charge in [-0.05, 0) is 19.3 Å². The molecule has 0 aromatic carbocycles. The van der Waals surface area contributed by atoms with Crippen molar-refractivity contribution in [3.05, 3.63) is 12.2 Å². The summed E-state index contributed by atoms with van der Waals surface area (Å²) in [6.07, 6.45) is 44.2.